The number of urea groups is 1. The second kappa shape index (κ2) is 9.15. The molecule has 1 atom stereocenters. The van der Waals surface area contributed by atoms with E-state index >= 15 is 0 Å². The van der Waals surface area contributed by atoms with E-state index in [1.165, 1.54) is 12.8 Å². The van der Waals surface area contributed by atoms with Gasteiger partial charge in [0.2, 0.25) is 0 Å². The number of nitrogens with one attached hydrogen (secondary N) is 1. The van der Waals surface area contributed by atoms with Crippen molar-refractivity contribution in [3.63, 3.8) is 0 Å². The number of hydrogen-bond acceptors (Lipinski definition) is 3. The van der Waals surface area contributed by atoms with Crippen LogP contribution in [-0.4, -0.2) is 68.3 Å². The van der Waals surface area contributed by atoms with Crippen molar-refractivity contribution in [1.29, 1.82) is 0 Å². The maximum absolute atomic E-state index is 12.1. The fourth-order valence-corrected chi connectivity index (χ4v) is 2.19. The average Bonchev–Trinajstić information content (AvgIpc) is 2.61. The van der Waals surface area contributed by atoms with Crippen molar-refractivity contribution in [3.8, 4) is 0 Å². The first-order valence-corrected chi connectivity index (χ1v) is 7.46. The quantitative estimate of drug-likeness (QED) is 0.797. The zero-order valence-electron chi connectivity index (χ0n) is 12.7. The molecule has 1 aliphatic heterocycles. The predicted molar refractivity (Wildman–Crippen MR) is 77.4 cm³/mol. The Bertz CT molecular complexity index is 261. The van der Waals surface area contributed by atoms with Crippen LogP contribution in [0.5, 0.6) is 0 Å². The number of ether oxygens (including phenoxy) is 1. The lowest BCUT2D eigenvalue weighted by Crippen LogP contribution is -2.47. The van der Waals surface area contributed by atoms with Gasteiger partial charge in [-0.1, -0.05) is 13.3 Å². The molecule has 1 N–H and O–H groups in total. The summed E-state index contributed by atoms with van der Waals surface area (Å²) in [4.78, 5) is 16.2. The zero-order valence-corrected chi connectivity index (χ0v) is 12.7. The number of carbonyl (C=O) groups excluding carboxylic acids is 1. The van der Waals surface area contributed by atoms with E-state index in [1.807, 2.05) is 4.90 Å². The molecular formula is C14H29N3O2. The largest absolute Gasteiger partial charge is 0.380 e. The van der Waals surface area contributed by atoms with Crippen molar-refractivity contribution in [3.05, 3.63) is 0 Å². The Hall–Kier alpha value is -0.810. The molecule has 0 unspecified atom stereocenters. The Balaban J connectivity index is 2.22. The number of amides is 2. The van der Waals surface area contributed by atoms with Gasteiger partial charge in [0.15, 0.2) is 0 Å². The molecule has 19 heavy (non-hydrogen) atoms. The summed E-state index contributed by atoms with van der Waals surface area (Å²) in [5, 5.41) is 3.01. The monoisotopic (exact) mass is 271 g/mol. The fraction of sp³-hybridized carbons (Fsp3) is 0.929. The van der Waals surface area contributed by atoms with Gasteiger partial charge in [0.05, 0.1) is 6.61 Å². The summed E-state index contributed by atoms with van der Waals surface area (Å²) in [5.74, 6) is 0. The Morgan fingerprint density at radius 3 is 2.95 bits per heavy atom. The molecule has 1 fully saturated rings. The van der Waals surface area contributed by atoms with Gasteiger partial charge in [0.25, 0.3) is 0 Å². The molecule has 1 saturated heterocycles. The highest BCUT2D eigenvalue weighted by atomic mass is 16.5. The van der Waals surface area contributed by atoms with Crippen molar-refractivity contribution in [2.75, 3.05) is 46.4 Å². The van der Waals surface area contributed by atoms with Gasteiger partial charge < -0.3 is 19.9 Å². The van der Waals surface area contributed by atoms with E-state index in [4.69, 9.17) is 4.74 Å². The van der Waals surface area contributed by atoms with Gasteiger partial charge in [0.1, 0.15) is 0 Å². The number of unbranched alkanes of at least 4 members (excludes halogenated alkanes) is 1. The second-order valence-electron chi connectivity index (χ2n) is 5.33. The maximum Gasteiger partial charge on any atom is 0.317 e. The van der Waals surface area contributed by atoms with E-state index in [2.05, 4.69) is 31.1 Å². The van der Waals surface area contributed by atoms with Gasteiger partial charge in [-0.2, -0.15) is 0 Å². The first kappa shape index (κ1) is 16.2. The molecule has 1 rings (SSSR count). The van der Waals surface area contributed by atoms with Crippen LogP contribution >= 0.6 is 0 Å². The molecule has 5 heteroatoms. The molecule has 0 aliphatic carbocycles. The van der Waals surface area contributed by atoms with E-state index in [9.17, 15) is 4.79 Å². The lowest BCUT2D eigenvalue weighted by molar-refractivity contribution is 0.141. The summed E-state index contributed by atoms with van der Waals surface area (Å²) < 4.78 is 5.40. The average molecular weight is 271 g/mol. The van der Waals surface area contributed by atoms with Crippen LogP contribution < -0.4 is 5.32 Å². The van der Waals surface area contributed by atoms with E-state index in [-0.39, 0.29) is 12.1 Å². The second-order valence-corrected chi connectivity index (χ2v) is 5.33. The molecule has 1 heterocycles. The van der Waals surface area contributed by atoms with Crippen LogP contribution in [0, 0.1) is 0 Å². The SMILES string of the molecule is CCCCN(C)CCNC(=O)N1CCOCC[C@H]1C. The van der Waals surface area contributed by atoms with Gasteiger partial charge in [-0.15, -0.1) is 0 Å². The number of nitrogens with zero attached hydrogens (tertiary/aromatic N) is 2. The summed E-state index contributed by atoms with van der Waals surface area (Å²) in [6.45, 7) is 9.09. The van der Waals surface area contributed by atoms with E-state index < -0.39 is 0 Å². The topological polar surface area (TPSA) is 44.8 Å². The van der Waals surface area contributed by atoms with Crippen molar-refractivity contribution < 1.29 is 9.53 Å². The zero-order chi connectivity index (χ0) is 14.1. The summed E-state index contributed by atoms with van der Waals surface area (Å²) in [6.07, 6.45) is 3.34. The third kappa shape index (κ3) is 6.25. The van der Waals surface area contributed by atoms with Gasteiger partial charge in [0, 0.05) is 32.3 Å². The highest BCUT2D eigenvalue weighted by molar-refractivity contribution is 5.74. The first-order chi connectivity index (χ1) is 9.15. The van der Waals surface area contributed by atoms with Gasteiger partial charge >= 0.3 is 6.03 Å². The van der Waals surface area contributed by atoms with Crippen LogP contribution in [0.25, 0.3) is 0 Å². The van der Waals surface area contributed by atoms with Crippen molar-refractivity contribution in [2.24, 2.45) is 0 Å². The molecule has 0 saturated carbocycles. The third-order valence-corrected chi connectivity index (χ3v) is 3.61. The molecule has 0 aromatic rings. The minimum Gasteiger partial charge on any atom is -0.380 e. The van der Waals surface area contributed by atoms with Crippen LogP contribution in [0.3, 0.4) is 0 Å². The van der Waals surface area contributed by atoms with Crippen molar-refractivity contribution in [1.82, 2.24) is 15.1 Å². The Labute approximate surface area is 117 Å². The van der Waals surface area contributed by atoms with Crippen LogP contribution in [0.15, 0.2) is 0 Å². The number of hydrogen-bond donors (Lipinski definition) is 1. The first-order valence-electron chi connectivity index (χ1n) is 7.46. The number of rotatable bonds is 6. The van der Waals surface area contributed by atoms with Crippen LogP contribution in [0.4, 0.5) is 4.79 Å². The smallest absolute Gasteiger partial charge is 0.317 e. The molecule has 2 amide bonds. The molecule has 0 spiro atoms. The minimum absolute atomic E-state index is 0.0434. The normalized spacial score (nSPS) is 20.4. The molecule has 0 aromatic carbocycles. The summed E-state index contributed by atoms with van der Waals surface area (Å²) in [5.41, 5.74) is 0. The molecule has 0 bridgehead atoms. The lowest BCUT2D eigenvalue weighted by Gasteiger charge is -2.27. The number of carbonyl (C=O) groups is 1. The Kier molecular flexibility index (Phi) is 7.82. The van der Waals surface area contributed by atoms with E-state index in [0.717, 1.165) is 26.1 Å². The Morgan fingerprint density at radius 2 is 2.21 bits per heavy atom. The van der Waals surface area contributed by atoms with Crippen LogP contribution in [0.2, 0.25) is 0 Å². The maximum atomic E-state index is 12.1. The minimum atomic E-state index is 0.0434. The van der Waals surface area contributed by atoms with Gasteiger partial charge in [-0.25, -0.2) is 4.79 Å². The predicted octanol–water partition coefficient (Wildman–Crippen LogP) is 1.54. The lowest BCUT2D eigenvalue weighted by atomic mass is 10.2. The molecule has 112 valence electrons. The molecule has 5 nitrogen and oxygen atoms in total. The number of likely N-dealkylation sites (N-methyl/N-ethyl adjacent to an activating group) is 1. The van der Waals surface area contributed by atoms with Crippen LogP contribution in [-0.2, 0) is 4.74 Å². The fourth-order valence-electron chi connectivity index (χ4n) is 2.19. The molecule has 0 aromatic heterocycles. The van der Waals surface area contributed by atoms with Crippen molar-refractivity contribution >= 4 is 6.03 Å². The summed E-state index contributed by atoms with van der Waals surface area (Å²) in [7, 11) is 2.10. The van der Waals surface area contributed by atoms with E-state index in [1.54, 1.807) is 0 Å². The highest BCUT2D eigenvalue weighted by Crippen LogP contribution is 2.08. The summed E-state index contributed by atoms with van der Waals surface area (Å²) in [6, 6.07) is 0.308. The molecule has 1 aliphatic rings. The Morgan fingerprint density at radius 1 is 1.42 bits per heavy atom. The van der Waals surface area contributed by atoms with Crippen LogP contribution in [0.1, 0.15) is 33.1 Å². The molecular weight excluding hydrogens is 242 g/mol. The summed E-state index contributed by atoms with van der Waals surface area (Å²) >= 11 is 0. The molecule has 0 radical (unpaired) electrons. The standard InChI is InChI=1S/C14H29N3O2/c1-4-5-8-16(3)9-7-15-14(18)17-10-12-19-11-6-13(17)2/h13H,4-12H2,1-3H3,(H,15,18)/t13-/m1/s1. The highest BCUT2D eigenvalue weighted by Gasteiger charge is 2.21. The van der Waals surface area contributed by atoms with E-state index in [0.29, 0.717) is 19.7 Å². The van der Waals surface area contributed by atoms with Crippen molar-refractivity contribution in [2.45, 2.75) is 39.2 Å². The van der Waals surface area contributed by atoms with Gasteiger partial charge in [-0.3, -0.25) is 0 Å². The van der Waals surface area contributed by atoms with Gasteiger partial charge in [-0.05, 0) is 33.4 Å². The third-order valence-electron chi connectivity index (χ3n) is 3.61.